The third kappa shape index (κ3) is 4.67. The van der Waals surface area contributed by atoms with Gasteiger partial charge in [0.15, 0.2) is 5.82 Å². The molecule has 8 heteroatoms. The van der Waals surface area contributed by atoms with E-state index in [4.69, 9.17) is 14.8 Å². The summed E-state index contributed by atoms with van der Waals surface area (Å²) in [4.78, 5) is 19.1. The number of rotatable bonds is 3. The van der Waals surface area contributed by atoms with Crippen LogP contribution in [-0.4, -0.2) is 43.8 Å². The Morgan fingerprint density at radius 2 is 1.88 bits per heavy atom. The zero-order valence-corrected chi connectivity index (χ0v) is 21.1. The van der Waals surface area contributed by atoms with Crippen LogP contribution in [-0.2, 0) is 9.53 Å². The highest BCUT2D eigenvalue weighted by atomic mass is 32.1. The normalized spacial score (nSPS) is 14.9. The molecule has 34 heavy (non-hydrogen) atoms. The van der Waals surface area contributed by atoms with Crippen molar-refractivity contribution in [2.45, 2.75) is 59.6 Å². The van der Waals surface area contributed by atoms with Gasteiger partial charge in [0.05, 0.1) is 12.1 Å². The Balaban J connectivity index is 1.88. The van der Waals surface area contributed by atoms with Crippen molar-refractivity contribution in [1.82, 2.24) is 14.8 Å². The van der Waals surface area contributed by atoms with E-state index >= 15 is 0 Å². The number of carbonyl (C=O) groups excluding carboxylic acids is 1. The smallest absolute Gasteiger partial charge is 0.308 e. The summed E-state index contributed by atoms with van der Waals surface area (Å²) < 4.78 is 7.62. The number of carbonyl (C=O) groups is 1. The second kappa shape index (κ2) is 9.16. The van der Waals surface area contributed by atoms with Crippen molar-refractivity contribution in [2.24, 2.45) is 4.99 Å². The lowest BCUT2D eigenvalue weighted by Crippen LogP contribution is -2.25. The summed E-state index contributed by atoms with van der Waals surface area (Å²) in [5, 5.41) is 18.7. The van der Waals surface area contributed by atoms with Gasteiger partial charge in [-0.25, -0.2) is 0 Å². The van der Waals surface area contributed by atoms with E-state index in [2.05, 4.69) is 35.9 Å². The van der Waals surface area contributed by atoms with Gasteiger partial charge in [0.25, 0.3) is 0 Å². The molecular formula is C26H28N4O3S. The van der Waals surface area contributed by atoms with Crippen molar-refractivity contribution in [3.63, 3.8) is 0 Å². The number of aliphatic hydroxyl groups is 1. The molecule has 0 unspecified atom stereocenters. The predicted octanol–water partition coefficient (Wildman–Crippen LogP) is 4.22. The first-order valence-corrected chi connectivity index (χ1v) is 11.9. The molecule has 0 saturated carbocycles. The maximum atomic E-state index is 12.8. The summed E-state index contributed by atoms with van der Waals surface area (Å²) in [6.45, 7) is 11.5. The van der Waals surface area contributed by atoms with Gasteiger partial charge in [-0.3, -0.25) is 14.4 Å². The van der Waals surface area contributed by atoms with E-state index < -0.39 is 11.6 Å². The molecule has 0 amide bonds. The number of nitrogens with zero attached hydrogens (tertiary/aromatic N) is 4. The molecule has 1 N–H and O–H groups in total. The third-order valence-corrected chi connectivity index (χ3v) is 6.68. The molecule has 0 saturated heterocycles. The maximum absolute atomic E-state index is 12.8. The standard InChI is InChI=1S/C26H28N4O3S/c1-15-16(2)34-25-22(15)23(19-11-9-18(10-12-19)8-7-13-31)27-20(14-21(32)33-26(4,5)6)24-29-28-17(3)30(24)25/h9-12,20,31H,13-14H2,1-6H3/t20-/m0/s1. The summed E-state index contributed by atoms with van der Waals surface area (Å²) in [5.41, 5.74) is 4.10. The molecule has 1 atom stereocenters. The predicted molar refractivity (Wildman–Crippen MR) is 133 cm³/mol. The first-order valence-electron chi connectivity index (χ1n) is 11.1. The first kappa shape index (κ1) is 23.9. The quantitative estimate of drug-likeness (QED) is 0.452. The summed E-state index contributed by atoms with van der Waals surface area (Å²) in [6.07, 6.45) is 0.0614. The molecule has 7 nitrogen and oxygen atoms in total. The van der Waals surface area contributed by atoms with Crippen LogP contribution in [0.2, 0.25) is 0 Å². The molecule has 0 radical (unpaired) electrons. The molecule has 0 aliphatic carbocycles. The van der Waals surface area contributed by atoms with Gasteiger partial charge in [0.2, 0.25) is 0 Å². The van der Waals surface area contributed by atoms with Crippen LogP contribution in [0.15, 0.2) is 29.3 Å². The monoisotopic (exact) mass is 476 g/mol. The van der Waals surface area contributed by atoms with Crippen molar-refractivity contribution in [3.8, 4) is 16.8 Å². The topological polar surface area (TPSA) is 89.6 Å². The fourth-order valence-electron chi connectivity index (χ4n) is 3.92. The summed E-state index contributed by atoms with van der Waals surface area (Å²) >= 11 is 1.67. The van der Waals surface area contributed by atoms with Crippen LogP contribution >= 0.6 is 11.3 Å². The molecule has 0 bridgehead atoms. The molecule has 176 valence electrons. The van der Waals surface area contributed by atoms with E-state index in [0.717, 1.165) is 38.8 Å². The Kier molecular flexibility index (Phi) is 6.43. The minimum Gasteiger partial charge on any atom is -0.460 e. The number of aliphatic imine (C=N–C) groups is 1. The number of aryl methyl sites for hydroxylation is 2. The zero-order valence-electron chi connectivity index (χ0n) is 20.3. The fraction of sp³-hybridized carbons (Fsp3) is 0.385. The second-order valence-electron chi connectivity index (χ2n) is 9.23. The van der Waals surface area contributed by atoms with Crippen molar-refractivity contribution < 1.29 is 14.6 Å². The van der Waals surface area contributed by atoms with Gasteiger partial charge in [-0.05, 0) is 59.2 Å². The van der Waals surface area contributed by atoms with E-state index in [9.17, 15) is 4.79 Å². The number of ether oxygens (including phenoxy) is 1. The highest BCUT2D eigenvalue weighted by molar-refractivity contribution is 7.15. The van der Waals surface area contributed by atoms with Crippen LogP contribution in [0.1, 0.15) is 72.0 Å². The van der Waals surface area contributed by atoms with E-state index in [0.29, 0.717) is 5.82 Å². The lowest BCUT2D eigenvalue weighted by molar-refractivity contribution is -0.155. The minimum atomic E-state index is -0.588. The summed E-state index contributed by atoms with van der Waals surface area (Å²) in [7, 11) is 0. The van der Waals surface area contributed by atoms with Gasteiger partial charge in [0, 0.05) is 21.6 Å². The molecule has 1 aliphatic rings. The largest absolute Gasteiger partial charge is 0.460 e. The second-order valence-corrected chi connectivity index (χ2v) is 10.4. The summed E-state index contributed by atoms with van der Waals surface area (Å²) in [6, 6.07) is 7.22. The Hall–Kier alpha value is -3.28. The number of fused-ring (bicyclic) bond motifs is 3. The number of thiophene rings is 1. The van der Waals surface area contributed by atoms with Crippen LogP contribution in [0.3, 0.4) is 0 Å². The van der Waals surface area contributed by atoms with Crippen LogP contribution in [0.25, 0.3) is 5.00 Å². The lowest BCUT2D eigenvalue weighted by atomic mass is 9.98. The van der Waals surface area contributed by atoms with Crippen LogP contribution in [0.4, 0.5) is 0 Å². The maximum Gasteiger partial charge on any atom is 0.308 e. The van der Waals surface area contributed by atoms with Gasteiger partial charge in [0.1, 0.15) is 29.1 Å². The van der Waals surface area contributed by atoms with Crippen molar-refractivity contribution in [3.05, 3.63) is 63.0 Å². The lowest BCUT2D eigenvalue weighted by Gasteiger charge is -2.21. The minimum absolute atomic E-state index is 0.0614. The zero-order chi connectivity index (χ0) is 24.6. The average molecular weight is 477 g/mol. The SMILES string of the molecule is Cc1sc2c(c1C)C(c1ccc(C#CCO)cc1)=N[C@@H](CC(=O)OC(C)(C)C)c1nnc(C)n1-2. The van der Waals surface area contributed by atoms with E-state index in [1.165, 1.54) is 4.88 Å². The molecule has 3 heterocycles. The Bertz CT molecular complexity index is 1330. The number of hydrogen-bond acceptors (Lipinski definition) is 7. The fourth-order valence-corrected chi connectivity index (χ4v) is 5.13. The molecule has 1 aliphatic heterocycles. The number of benzene rings is 1. The van der Waals surface area contributed by atoms with Crippen LogP contribution < -0.4 is 0 Å². The van der Waals surface area contributed by atoms with Crippen molar-refractivity contribution in [1.29, 1.82) is 0 Å². The van der Waals surface area contributed by atoms with Crippen LogP contribution in [0, 0.1) is 32.6 Å². The Morgan fingerprint density at radius 1 is 1.18 bits per heavy atom. The molecular weight excluding hydrogens is 448 g/mol. The molecule has 1 aromatic carbocycles. The number of aromatic nitrogens is 3. The highest BCUT2D eigenvalue weighted by Crippen LogP contribution is 2.39. The van der Waals surface area contributed by atoms with Crippen molar-refractivity contribution >= 4 is 23.0 Å². The molecule has 4 rings (SSSR count). The molecule has 0 fully saturated rings. The van der Waals surface area contributed by atoms with Gasteiger partial charge in [-0.15, -0.1) is 21.5 Å². The van der Waals surface area contributed by atoms with E-state index in [-0.39, 0.29) is 19.0 Å². The number of aliphatic hydroxyl groups excluding tert-OH is 1. The van der Waals surface area contributed by atoms with Gasteiger partial charge < -0.3 is 9.84 Å². The summed E-state index contributed by atoms with van der Waals surface area (Å²) in [5.74, 6) is 6.64. The average Bonchev–Trinajstić information content (AvgIpc) is 3.24. The van der Waals surface area contributed by atoms with E-state index in [1.807, 2.05) is 56.5 Å². The third-order valence-electron chi connectivity index (χ3n) is 5.49. The van der Waals surface area contributed by atoms with E-state index in [1.54, 1.807) is 11.3 Å². The first-order chi connectivity index (χ1) is 16.1. The molecule has 0 spiro atoms. The Labute approximate surface area is 203 Å². The molecule has 3 aromatic rings. The number of esters is 1. The van der Waals surface area contributed by atoms with Gasteiger partial charge in [-0.2, -0.15) is 0 Å². The van der Waals surface area contributed by atoms with Crippen molar-refractivity contribution in [2.75, 3.05) is 6.61 Å². The van der Waals surface area contributed by atoms with Gasteiger partial charge >= 0.3 is 5.97 Å². The van der Waals surface area contributed by atoms with Gasteiger partial charge in [-0.1, -0.05) is 24.0 Å². The molecule has 2 aromatic heterocycles. The highest BCUT2D eigenvalue weighted by Gasteiger charge is 2.33. The Morgan fingerprint density at radius 3 is 2.53 bits per heavy atom. The van der Waals surface area contributed by atoms with Crippen LogP contribution in [0.5, 0.6) is 0 Å². The number of hydrogen-bond donors (Lipinski definition) is 1.